The lowest BCUT2D eigenvalue weighted by Gasteiger charge is -2.36. The molecule has 1 amide bonds. The van der Waals surface area contributed by atoms with Crippen LogP contribution in [-0.2, 0) is 12.8 Å². The number of hydrogen-bond donors (Lipinski definition) is 2. The highest BCUT2D eigenvalue weighted by atomic mass is 32.1. The number of nitrogens with one attached hydrogen (secondary N) is 1. The van der Waals surface area contributed by atoms with Gasteiger partial charge in [-0.1, -0.05) is 51.1 Å². The number of hydrogen-bond acceptors (Lipinski definition) is 5. The predicted octanol–water partition coefficient (Wildman–Crippen LogP) is 4.99. The minimum absolute atomic E-state index is 0.0361. The second-order valence-electron chi connectivity index (χ2n) is 11.0. The molecule has 1 saturated heterocycles. The molecule has 3 heterocycles. The normalized spacial score (nSPS) is 20.1. The van der Waals surface area contributed by atoms with Crippen molar-refractivity contribution in [1.82, 2.24) is 15.2 Å². The number of aliphatic hydroxyl groups is 1. The number of likely N-dealkylation sites (tertiary alicyclic amines) is 1. The Bertz CT molecular complexity index is 1160. The third-order valence-corrected chi connectivity index (χ3v) is 8.54. The van der Waals surface area contributed by atoms with Gasteiger partial charge in [-0.05, 0) is 60.3 Å². The van der Waals surface area contributed by atoms with Crippen molar-refractivity contribution in [3.63, 3.8) is 0 Å². The van der Waals surface area contributed by atoms with Crippen molar-refractivity contribution >= 4 is 27.5 Å². The van der Waals surface area contributed by atoms with Gasteiger partial charge < -0.3 is 10.4 Å². The van der Waals surface area contributed by atoms with Crippen molar-refractivity contribution in [3.8, 4) is 0 Å². The summed E-state index contributed by atoms with van der Waals surface area (Å²) in [5.41, 5.74) is 3.97. The van der Waals surface area contributed by atoms with Gasteiger partial charge in [0, 0.05) is 30.7 Å². The Hall–Kier alpha value is -2.28. The van der Waals surface area contributed by atoms with Gasteiger partial charge in [0.25, 0.3) is 5.91 Å². The largest absolute Gasteiger partial charge is 0.390 e. The highest BCUT2D eigenvalue weighted by Gasteiger charge is 2.30. The second-order valence-corrected chi connectivity index (χ2v) is 12.1. The van der Waals surface area contributed by atoms with E-state index in [9.17, 15) is 9.90 Å². The van der Waals surface area contributed by atoms with E-state index in [0.717, 1.165) is 59.6 Å². The van der Waals surface area contributed by atoms with E-state index in [1.54, 1.807) is 0 Å². The average Bonchev–Trinajstić information content (AvgIpc) is 3.21. The van der Waals surface area contributed by atoms with Gasteiger partial charge in [-0.2, -0.15) is 0 Å². The predicted molar refractivity (Wildman–Crippen MR) is 138 cm³/mol. The zero-order chi connectivity index (χ0) is 23.9. The Labute approximate surface area is 206 Å². The van der Waals surface area contributed by atoms with Crippen molar-refractivity contribution in [2.75, 3.05) is 19.6 Å². The zero-order valence-electron chi connectivity index (χ0n) is 20.4. The summed E-state index contributed by atoms with van der Waals surface area (Å²) in [5, 5.41) is 13.9. The van der Waals surface area contributed by atoms with Crippen molar-refractivity contribution in [2.45, 2.75) is 58.6 Å². The number of rotatable bonds is 6. The molecule has 0 unspecified atom stereocenters. The lowest BCUT2D eigenvalue weighted by atomic mass is 9.71. The highest BCUT2D eigenvalue weighted by Crippen LogP contribution is 2.38. The number of aliphatic hydroxyl groups excluding tert-OH is 1. The number of fused-ring (bicyclic) bond motifs is 2. The fourth-order valence-corrected chi connectivity index (χ4v) is 6.19. The van der Waals surface area contributed by atoms with Gasteiger partial charge in [-0.15, -0.1) is 11.3 Å². The van der Waals surface area contributed by atoms with Crippen LogP contribution < -0.4 is 5.32 Å². The van der Waals surface area contributed by atoms with E-state index in [4.69, 9.17) is 4.98 Å². The van der Waals surface area contributed by atoms with E-state index >= 15 is 0 Å². The first-order chi connectivity index (χ1) is 16.3. The molecular formula is C28H35N3O2S. The molecule has 5 rings (SSSR count). The van der Waals surface area contributed by atoms with Crippen molar-refractivity contribution in [1.29, 1.82) is 0 Å². The number of β-amino-alcohol motifs (C(OH)–C–C–N with tert-alkyl or cyclic N) is 1. The zero-order valence-corrected chi connectivity index (χ0v) is 21.2. The first kappa shape index (κ1) is 23.5. The maximum atomic E-state index is 13.3. The van der Waals surface area contributed by atoms with Gasteiger partial charge in [-0.25, -0.2) is 4.98 Å². The number of aryl methyl sites for hydroxylation is 1. The van der Waals surface area contributed by atoms with Crippen LogP contribution in [0.1, 0.15) is 66.1 Å². The summed E-state index contributed by atoms with van der Waals surface area (Å²) in [7, 11) is 0. The number of thiophene rings is 1. The van der Waals surface area contributed by atoms with Crippen LogP contribution in [-0.4, -0.2) is 46.6 Å². The number of aromatic nitrogens is 1. The molecule has 1 aromatic carbocycles. The summed E-state index contributed by atoms with van der Waals surface area (Å²) in [4.78, 5) is 22.2. The molecule has 0 bridgehead atoms. The molecule has 0 saturated carbocycles. The molecule has 2 aliphatic rings. The fourth-order valence-electron chi connectivity index (χ4n) is 5.25. The van der Waals surface area contributed by atoms with Crippen LogP contribution in [0.3, 0.4) is 0 Å². The molecule has 2 atom stereocenters. The Morgan fingerprint density at radius 3 is 2.71 bits per heavy atom. The van der Waals surface area contributed by atoms with E-state index in [1.165, 1.54) is 29.0 Å². The van der Waals surface area contributed by atoms with Crippen molar-refractivity contribution in [2.24, 2.45) is 11.3 Å². The Morgan fingerprint density at radius 1 is 1.24 bits per heavy atom. The minimum atomic E-state index is -0.208. The van der Waals surface area contributed by atoms with Gasteiger partial charge >= 0.3 is 0 Å². The van der Waals surface area contributed by atoms with Gasteiger partial charge in [0.05, 0.1) is 17.0 Å². The quantitative estimate of drug-likeness (QED) is 0.525. The van der Waals surface area contributed by atoms with Gasteiger partial charge in [0.2, 0.25) is 0 Å². The van der Waals surface area contributed by atoms with Crippen LogP contribution in [0.2, 0.25) is 0 Å². The molecule has 0 spiro atoms. The van der Waals surface area contributed by atoms with Gasteiger partial charge in [0.1, 0.15) is 4.83 Å². The number of nitrogens with zero attached hydrogens (tertiary/aromatic N) is 2. The molecule has 180 valence electrons. The summed E-state index contributed by atoms with van der Waals surface area (Å²) in [5.74, 6) is 0.630. The number of amides is 1. The number of carbonyl (C=O) groups is 1. The topological polar surface area (TPSA) is 65.5 Å². The smallest absolute Gasteiger partial charge is 0.261 e. The number of pyridine rings is 1. The number of carbonyl (C=O) groups excluding carboxylic acids is 1. The second kappa shape index (κ2) is 9.40. The van der Waals surface area contributed by atoms with Crippen LogP contribution in [0, 0.1) is 11.3 Å². The maximum Gasteiger partial charge on any atom is 0.261 e. The molecule has 0 radical (unpaired) electrons. The van der Waals surface area contributed by atoms with E-state index in [0.29, 0.717) is 11.3 Å². The molecule has 34 heavy (non-hydrogen) atoms. The molecule has 1 fully saturated rings. The highest BCUT2D eigenvalue weighted by molar-refractivity contribution is 7.20. The van der Waals surface area contributed by atoms with Crippen LogP contribution >= 0.6 is 11.3 Å². The first-order valence-electron chi connectivity index (χ1n) is 12.4. The molecular weight excluding hydrogens is 442 g/mol. The minimum Gasteiger partial charge on any atom is -0.390 e. The fraction of sp³-hybridized carbons (Fsp3) is 0.500. The Balaban J connectivity index is 1.33. The third-order valence-electron chi connectivity index (χ3n) is 7.50. The third kappa shape index (κ3) is 5.04. The molecule has 6 heteroatoms. The standard InChI is InChI=1S/C28H35N3O2S/c1-28(2,3)21-9-10-23-19(14-21)13-20-15-25(34-27(20)30-23)26(33)29-24(18-7-5-4-6-8-18)11-12-31-16-22(32)17-31/h4-8,13,15,21-22,24,32H,9-12,14,16-17H2,1-3H3,(H,29,33)/t21-,24+/m0/s1. The maximum absolute atomic E-state index is 13.3. The van der Waals surface area contributed by atoms with Crippen molar-refractivity contribution < 1.29 is 9.90 Å². The summed E-state index contributed by atoms with van der Waals surface area (Å²) in [6, 6.07) is 14.4. The van der Waals surface area contributed by atoms with Gasteiger partial charge in [0.15, 0.2) is 0 Å². The van der Waals surface area contributed by atoms with Gasteiger partial charge in [-0.3, -0.25) is 9.69 Å². The lowest BCUT2D eigenvalue weighted by molar-refractivity contribution is 0.000309. The van der Waals surface area contributed by atoms with Crippen LogP contribution in [0.15, 0.2) is 42.5 Å². The molecule has 2 aromatic heterocycles. The average molecular weight is 478 g/mol. The van der Waals surface area contributed by atoms with Crippen LogP contribution in [0.5, 0.6) is 0 Å². The summed E-state index contributed by atoms with van der Waals surface area (Å²) in [6.45, 7) is 9.28. The first-order valence-corrected chi connectivity index (χ1v) is 13.3. The van der Waals surface area contributed by atoms with Crippen LogP contribution in [0.25, 0.3) is 10.2 Å². The Morgan fingerprint density at radius 2 is 2.00 bits per heavy atom. The number of benzene rings is 1. The Kier molecular flexibility index (Phi) is 6.49. The molecule has 2 N–H and O–H groups in total. The molecule has 1 aliphatic carbocycles. The van der Waals surface area contributed by atoms with Crippen molar-refractivity contribution in [3.05, 3.63) is 64.2 Å². The molecule has 5 nitrogen and oxygen atoms in total. The summed E-state index contributed by atoms with van der Waals surface area (Å²) in [6.07, 6.45) is 3.88. The lowest BCUT2D eigenvalue weighted by Crippen LogP contribution is -2.51. The molecule has 1 aliphatic heterocycles. The molecule has 3 aromatic rings. The SMILES string of the molecule is CC(C)(C)[C@H]1CCc2nc3sc(C(=O)N[C@H](CCN4CC(O)C4)c4ccccc4)cc3cc2C1. The monoisotopic (exact) mass is 477 g/mol. The van der Waals surface area contributed by atoms with E-state index in [1.807, 2.05) is 24.3 Å². The van der Waals surface area contributed by atoms with Crippen LogP contribution in [0.4, 0.5) is 0 Å². The summed E-state index contributed by atoms with van der Waals surface area (Å²) >= 11 is 1.50. The van der Waals surface area contributed by atoms with E-state index in [-0.39, 0.29) is 18.1 Å². The summed E-state index contributed by atoms with van der Waals surface area (Å²) < 4.78 is 0. The van der Waals surface area contributed by atoms with E-state index < -0.39 is 0 Å². The van der Waals surface area contributed by atoms with E-state index in [2.05, 4.69) is 49.2 Å².